The Labute approximate surface area is 81.4 Å². The molecule has 1 aliphatic rings. The van der Waals surface area contributed by atoms with Crippen LogP contribution in [0.5, 0.6) is 0 Å². The lowest BCUT2D eigenvalue weighted by Gasteiger charge is -2.14. The van der Waals surface area contributed by atoms with Crippen LogP contribution in [-0.2, 0) is 0 Å². The topological polar surface area (TPSA) is 0 Å². The Morgan fingerprint density at radius 3 is 2.85 bits per heavy atom. The number of rotatable bonds is 2. The highest BCUT2D eigenvalue weighted by molar-refractivity contribution is 5.38. The van der Waals surface area contributed by atoms with Crippen molar-refractivity contribution in [3.63, 3.8) is 0 Å². The van der Waals surface area contributed by atoms with Crippen LogP contribution in [0.25, 0.3) is 0 Å². The van der Waals surface area contributed by atoms with Gasteiger partial charge in [0.15, 0.2) is 0 Å². The lowest BCUT2D eigenvalue weighted by atomic mass is 9.98. The van der Waals surface area contributed by atoms with Crippen LogP contribution in [0, 0.1) is 12.3 Å². The summed E-state index contributed by atoms with van der Waals surface area (Å²) in [5.41, 5.74) is 2.44. The fourth-order valence-corrected chi connectivity index (χ4v) is 1.31. The van der Waals surface area contributed by atoms with Crippen LogP contribution in [-0.4, -0.2) is 0 Å². The van der Waals surface area contributed by atoms with Gasteiger partial charge in [0.25, 0.3) is 0 Å². The quantitative estimate of drug-likeness (QED) is 0.556. The zero-order chi connectivity index (χ0) is 9.68. The molecule has 0 aromatic heterocycles. The molecule has 0 heteroatoms. The first-order chi connectivity index (χ1) is 6.18. The molecule has 13 heavy (non-hydrogen) atoms. The Kier molecular flexibility index (Phi) is 3.63. The number of hydrogen-bond donors (Lipinski definition) is 0. The summed E-state index contributed by atoms with van der Waals surface area (Å²) in [5, 5.41) is 0. The highest BCUT2D eigenvalue weighted by Gasteiger charge is 1.94. The largest absolute Gasteiger partial charge is 0.171 e. The molecule has 0 bridgehead atoms. The van der Waals surface area contributed by atoms with Gasteiger partial charge in [-0.15, -0.1) is 12.7 Å². The van der Waals surface area contributed by atoms with Gasteiger partial charge in [-0.2, -0.15) is 30.2 Å². The average Bonchev–Trinajstić information content (AvgIpc) is 1.99. The number of hydrogen-bond acceptors (Lipinski definition) is 0. The van der Waals surface area contributed by atoms with Gasteiger partial charge < -0.3 is 0 Å². The van der Waals surface area contributed by atoms with E-state index < -0.39 is 0 Å². The van der Waals surface area contributed by atoms with E-state index in [-0.39, 0.29) is 0 Å². The van der Waals surface area contributed by atoms with Crippen LogP contribution in [0.15, 0.2) is 48.1 Å². The van der Waals surface area contributed by atoms with Crippen molar-refractivity contribution in [2.24, 2.45) is 5.92 Å². The lowest BCUT2D eigenvalue weighted by molar-refractivity contribution is 0.646. The Balaban J connectivity index is 2.66. The van der Waals surface area contributed by atoms with Crippen LogP contribution in [0.3, 0.4) is 0 Å². The van der Waals surface area contributed by atoms with Gasteiger partial charge in [0.1, 0.15) is 0 Å². The molecule has 0 atom stereocenters. The minimum Gasteiger partial charge on any atom is -0.171 e. The minimum atomic E-state index is 0.715. The molecule has 70 valence electrons. The summed E-state index contributed by atoms with van der Waals surface area (Å²) in [4.78, 5) is 0. The van der Waals surface area contributed by atoms with Crippen molar-refractivity contribution in [1.29, 1.82) is 0 Å². The zero-order valence-electron chi connectivity index (χ0n) is 8.46. The predicted octanol–water partition coefficient (Wildman–Crippen LogP) is 3.85. The van der Waals surface area contributed by atoms with Crippen molar-refractivity contribution >= 4 is 0 Å². The van der Waals surface area contributed by atoms with Gasteiger partial charge >= 0.3 is 0 Å². The van der Waals surface area contributed by atoms with E-state index in [1.165, 1.54) is 5.57 Å². The smallest absolute Gasteiger partial charge is 0.0451 e. The van der Waals surface area contributed by atoms with E-state index in [4.69, 9.17) is 0 Å². The molecule has 0 unspecified atom stereocenters. The van der Waals surface area contributed by atoms with Crippen molar-refractivity contribution in [3.8, 4) is 0 Å². The maximum Gasteiger partial charge on any atom is -0.0451 e. The highest BCUT2D eigenvalue weighted by atomic mass is 14.1. The maximum atomic E-state index is 3.88. The molecule has 0 heterocycles. The van der Waals surface area contributed by atoms with Crippen LogP contribution in [0.1, 0.15) is 20.3 Å². The highest BCUT2D eigenvalue weighted by Crippen LogP contribution is 2.16. The summed E-state index contributed by atoms with van der Waals surface area (Å²) in [6, 6.07) is 0. The summed E-state index contributed by atoms with van der Waals surface area (Å²) in [5.74, 6) is 0.715. The van der Waals surface area contributed by atoms with Crippen molar-refractivity contribution in [1.82, 2.24) is 0 Å². The predicted molar refractivity (Wildman–Crippen MR) is 59.3 cm³/mol. The van der Waals surface area contributed by atoms with Gasteiger partial charge in [-0.05, 0) is 12.3 Å². The average molecular weight is 173 g/mol. The second-order valence-electron chi connectivity index (χ2n) is 3.80. The molecule has 0 N–H and O–H groups in total. The molecule has 0 amide bonds. The Morgan fingerprint density at radius 1 is 1.38 bits per heavy atom. The third-order valence-electron chi connectivity index (χ3n) is 1.89. The fourth-order valence-electron chi connectivity index (χ4n) is 1.31. The van der Waals surface area contributed by atoms with Crippen LogP contribution < -0.4 is 0 Å². The first-order valence-electron chi connectivity index (χ1n) is 4.76. The monoisotopic (exact) mass is 173 g/mol. The second kappa shape index (κ2) is 4.76. The molecule has 0 fully saturated rings. The Morgan fingerprint density at radius 2 is 2.15 bits per heavy atom. The van der Waals surface area contributed by atoms with Crippen molar-refractivity contribution in [2.45, 2.75) is 20.3 Å². The lowest BCUT2D eigenvalue weighted by Crippen LogP contribution is -1.92. The summed E-state index contributed by atoms with van der Waals surface area (Å²) in [6.45, 7) is 8.35. The molecule has 0 saturated heterocycles. The van der Waals surface area contributed by atoms with Gasteiger partial charge in [0.05, 0.1) is 0 Å². The first-order valence-corrected chi connectivity index (χ1v) is 4.76. The van der Waals surface area contributed by atoms with E-state index in [9.17, 15) is 0 Å². The van der Waals surface area contributed by atoms with Crippen LogP contribution in [0.2, 0.25) is 0 Å². The van der Waals surface area contributed by atoms with E-state index in [2.05, 4.69) is 45.1 Å². The molecule has 0 aliphatic heterocycles. The molecule has 0 saturated carbocycles. The number of allylic oxidation sites excluding steroid dienone is 7. The zero-order valence-corrected chi connectivity index (χ0v) is 8.46. The molecule has 0 aromatic rings. The molecular formula is C13H17-. The van der Waals surface area contributed by atoms with Crippen molar-refractivity contribution in [2.75, 3.05) is 0 Å². The summed E-state index contributed by atoms with van der Waals surface area (Å²) in [7, 11) is 0. The van der Waals surface area contributed by atoms with Crippen LogP contribution >= 0.6 is 0 Å². The van der Waals surface area contributed by atoms with Crippen molar-refractivity contribution in [3.05, 3.63) is 54.5 Å². The molecule has 1 rings (SSSR count). The Bertz CT molecular complexity index is 262. The van der Waals surface area contributed by atoms with Gasteiger partial charge in [-0.1, -0.05) is 25.5 Å². The standard InChI is InChI=1S/C13H17/c1-11(2)10-13-8-4-6-12(3)7-5-9-13/h4-9,11H,3,10H2,1-2H3/q-1/b6-4-,7-5?,13-8+. The summed E-state index contributed by atoms with van der Waals surface area (Å²) in [6.07, 6.45) is 13.7. The van der Waals surface area contributed by atoms with Gasteiger partial charge in [-0.25, -0.2) is 0 Å². The van der Waals surface area contributed by atoms with Gasteiger partial charge in [-0.3, -0.25) is 0 Å². The normalized spacial score (nSPS) is 23.0. The molecule has 1 aliphatic carbocycles. The fraction of sp³-hybridized carbons (Fsp3) is 0.308. The first kappa shape index (κ1) is 9.91. The van der Waals surface area contributed by atoms with Crippen LogP contribution in [0.4, 0.5) is 0 Å². The summed E-state index contributed by atoms with van der Waals surface area (Å²) < 4.78 is 0. The van der Waals surface area contributed by atoms with Gasteiger partial charge in [0, 0.05) is 0 Å². The molecular weight excluding hydrogens is 156 g/mol. The maximum absolute atomic E-state index is 3.88. The van der Waals surface area contributed by atoms with E-state index >= 15 is 0 Å². The van der Waals surface area contributed by atoms with Gasteiger partial charge in [0.2, 0.25) is 0 Å². The molecule has 0 spiro atoms. The third-order valence-corrected chi connectivity index (χ3v) is 1.89. The molecule has 0 aromatic carbocycles. The van der Waals surface area contributed by atoms with E-state index in [1.807, 2.05) is 12.2 Å². The summed E-state index contributed by atoms with van der Waals surface area (Å²) >= 11 is 0. The molecule has 0 radical (unpaired) electrons. The van der Waals surface area contributed by atoms with E-state index in [1.54, 1.807) is 0 Å². The van der Waals surface area contributed by atoms with E-state index in [0.717, 1.165) is 12.0 Å². The molecule has 0 nitrogen and oxygen atoms in total. The Hall–Kier alpha value is -1.17. The third kappa shape index (κ3) is 3.84. The SMILES string of the molecule is C=C1C=C[CH-]/C(CC(C)C)=C\C=C/1. The minimum absolute atomic E-state index is 0.715. The second-order valence-corrected chi connectivity index (χ2v) is 3.80. The van der Waals surface area contributed by atoms with E-state index in [0.29, 0.717) is 5.92 Å². The van der Waals surface area contributed by atoms with Crippen molar-refractivity contribution < 1.29 is 0 Å².